The first kappa shape index (κ1) is 12.3. The lowest BCUT2D eigenvalue weighted by atomic mass is 10.0. The van der Waals surface area contributed by atoms with Gasteiger partial charge in [-0.25, -0.2) is 4.98 Å². The van der Waals surface area contributed by atoms with Crippen molar-refractivity contribution in [3.8, 4) is 5.75 Å². The summed E-state index contributed by atoms with van der Waals surface area (Å²) in [6.45, 7) is 0.664. The number of para-hydroxylation sites is 2. The predicted octanol–water partition coefficient (Wildman–Crippen LogP) is 3.90. The molecule has 0 aliphatic carbocycles. The molecule has 1 aliphatic rings. The maximum absolute atomic E-state index is 5.63. The van der Waals surface area contributed by atoms with Crippen molar-refractivity contribution >= 4 is 32.4 Å². The van der Waals surface area contributed by atoms with Crippen LogP contribution in [0.4, 0.5) is 5.13 Å². The van der Waals surface area contributed by atoms with E-state index < -0.39 is 0 Å². The summed E-state index contributed by atoms with van der Waals surface area (Å²) in [4.78, 5) is 4.52. The Balaban J connectivity index is 1.64. The fraction of sp³-hybridized carbons (Fsp3) is 0.125. The van der Waals surface area contributed by atoms with E-state index in [0.29, 0.717) is 6.61 Å². The Labute approximate surface area is 126 Å². The third kappa shape index (κ3) is 2.36. The van der Waals surface area contributed by atoms with Crippen molar-refractivity contribution in [2.75, 3.05) is 12.0 Å². The largest absolute Gasteiger partial charge is 0.492 e. The van der Waals surface area contributed by atoms with Gasteiger partial charge in [0, 0.05) is 12.0 Å². The average Bonchev–Trinajstić information content (AvgIpc) is 2.96. The minimum atomic E-state index is 0.664. The molecule has 0 saturated carbocycles. The smallest absolute Gasteiger partial charge is 0.204 e. The van der Waals surface area contributed by atoms with Gasteiger partial charge >= 0.3 is 0 Å². The van der Waals surface area contributed by atoms with Crippen molar-refractivity contribution in [2.24, 2.45) is 5.10 Å². The van der Waals surface area contributed by atoms with Crippen LogP contribution in [-0.2, 0) is 0 Å². The Morgan fingerprint density at radius 1 is 1.10 bits per heavy atom. The van der Waals surface area contributed by atoms with E-state index in [2.05, 4.69) is 21.6 Å². The highest BCUT2D eigenvalue weighted by atomic mass is 32.1. The van der Waals surface area contributed by atoms with Gasteiger partial charge in [0.15, 0.2) is 0 Å². The van der Waals surface area contributed by atoms with Gasteiger partial charge in [-0.1, -0.05) is 35.6 Å². The lowest BCUT2D eigenvalue weighted by Crippen LogP contribution is -2.17. The first-order chi connectivity index (χ1) is 10.4. The SMILES string of the molecule is c1ccc2c(c1)OCCC2=NNc1nc2ccccc2s1. The molecule has 0 spiro atoms. The van der Waals surface area contributed by atoms with Crippen LogP contribution >= 0.6 is 11.3 Å². The van der Waals surface area contributed by atoms with Crippen molar-refractivity contribution in [1.29, 1.82) is 0 Å². The topological polar surface area (TPSA) is 46.5 Å². The summed E-state index contributed by atoms with van der Waals surface area (Å²) in [5.74, 6) is 0.897. The zero-order chi connectivity index (χ0) is 14.1. The summed E-state index contributed by atoms with van der Waals surface area (Å²) >= 11 is 1.61. The van der Waals surface area contributed by atoms with Gasteiger partial charge < -0.3 is 4.74 Å². The molecule has 0 atom stereocenters. The average molecular weight is 295 g/mol. The van der Waals surface area contributed by atoms with E-state index >= 15 is 0 Å². The summed E-state index contributed by atoms with van der Waals surface area (Å²) in [6.07, 6.45) is 0.801. The minimum absolute atomic E-state index is 0.664. The quantitative estimate of drug-likeness (QED) is 0.729. The number of nitrogens with one attached hydrogen (secondary N) is 1. The second-order valence-corrected chi connectivity index (χ2v) is 5.78. The maximum atomic E-state index is 5.63. The van der Waals surface area contributed by atoms with E-state index in [1.807, 2.05) is 42.5 Å². The van der Waals surface area contributed by atoms with E-state index in [9.17, 15) is 0 Å². The molecule has 21 heavy (non-hydrogen) atoms. The molecule has 0 amide bonds. The van der Waals surface area contributed by atoms with Crippen LogP contribution in [0.2, 0.25) is 0 Å². The number of rotatable bonds is 2. The number of hydrazone groups is 1. The number of hydrogen-bond donors (Lipinski definition) is 1. The van der Waals surface area contributed by atoms with Crippen molar-refractivity contribution in [3.63, 3.8) is 0 Å². The van der Waals surface area contributed by atoms with Gasteiger partial charge in [0.1, 0.15) is 5.75 Å². The molecular formula is C16H13N3OS. The highest BCUT2D eigenvalue weighted by molar-refractivity contribution is 7.22. The number of thiazole rings is 1. The van der Waals surface area contributed by atoms with Crippen LogP contribution in [0.15, 0.2) is 53.6 Å². The molecule has 1 aromatic heterocycles. The summed E-state index contributed by atoms with van der Waals surface area (Å²) < 4.78 is 6.79. The third-order valence-corrected chi connectivity index (χ3v) is 4.32. The Bertz CT molecular complexity index is 792. The highest BCUT2D eigenvalue weighted by Crippen LogP contribution is 2.27. The van der Waals surface area contributed by atoms with Crippen molar-refractivity contribution in [3.05, 3.63) is 54.1 Å². The van der Waals surface area contributed by atoms with Gasteiger partial charge in [-0.3, -0.25) is 5.43 Å². The number of fused-ring (bicyclic) bond motifs is 2. The standard InChI is InChI=1S/C16H13N3OS/c1-3-7-14-11(5-1)12(9-10-20-14)18-19-16-17-13-6-2-4-8-15(13)21-16/h1-8H,9-10H2,(H,17,19). The van der Waals surface area contributed by atoms with Gasteiger partial charge in [0.05, 0.1) is 22.5 Å². The maximum Gasteiger partial charge on any atom is 0.204 e. The number of hydrogen-bond acceptors (Lipinski definition) is 5. The first-order valence-electron chi connectivity index (χ1n) is 6.80. The Morgan fingerprint density at radius 2 is 1.95 bits per heavy atom. The Hall–Kier alpha value is -2.40. The second kappa shape index (κ2) is 5.18. The molecule has 2 aromatic carbocycles. The van der Waals surface area contributed by atoms with Crippen LogP contribution in [-0.4, -0.2) is 17.3 Å². The lowest BCUT2D eigenvalue weighted by Gasteiger charge is -2.18. The summed E-state index contributed by atoms with van der Waals surface area (Å²) in [6, 6.07) is 16.1. The molecule has 3 aromatic rings. The van der Waals surface area contributed by atoms with Crippen LogP contribution < -0.4 is 10.2 Å². The van der Waals surface area contributed by atoms with Gasteiger partial charge in [0.25, 0.3) is 0 Å². The zero-order valence-electron chi connectivity index (χ0n) is 11.2. The van der Waals surface area contributed by atoms with E-state index in [4.69, 9.17) is 4.74 Å². The number of anilines is 1. The molecule has 1 N–H and O–H groups in total. The number of aromatic nitrogens is 1. The highest BCUT2D eigenvalue weighted by Gasteiger charge is 2.16. The van der Waals surface area contributed by atoms with E-state index in [1.54, 1.807) is 11.3 Å². The van der Waals surface area contributed by atoms with Crippen LogP contribution in [0.3, 0.4) is 0 Å². The normalized spacial score (nSPS) is 15.7. The van der Waals surface area contributed by atoms with E-state index in [1.165, 1.54) is 0 Å². The van der Waals surface area contributed by atoms with Crippen molar-refractivity contribution < 1.29 is 4.74 Å². The second-order valence-electron chi connectivity index (χ2n) is 4.75. The Kier molecular flexibility index (Phi) is 3.05. The minimum Gasteiger partial charge on any atom is -0.492 e. The molecule has 0 saturated heterocycles. The molecule has 104 valence electrons. The zero-order valence-corrected chi connectivity index (χ0v) is 12.1. The molecule has 4 nitrogen and oxygen atoms in total. The molecule has 0 fully saturated rings. The van der Waals surface area contributed by atoms with E-state index in [0.717, 1.165) is 38.8 Å². The molecule has 0 radical (unpaired) electrons. The number of benzene rings is 2. The van der Waals surface area contributed by atoms with Crippen LogP contribution in [0.5, 0.6) is 5.75 Å². The molecule has 4 rings (SSSR count). The van der Waals surface area contributed by atoms with Crippen LogP contribution in [0, 0.1) is 0 Å². The number of nitrogens with zero attached hydrogens (tertiary/aromatic N) is 2. The lowest BCUT2D eigenvalue weighted by molar-refractivity contribution is 0.320. The monoisotopic (exact) mass is 295 g/mol. The van der Waals surface area contributed by atoms with Gasteiger partial charge in [0.2, 0.25) is 5.13 Å². The predicted molar refractivity (Wildman–Crippen MR) is 86.3 cm³/mol. The summed E-state index contributed by atoms with van der Waals surface area (Å²) in [5, 5.41) is 5.34. The molecule has 0 bridgehead atoms. The molecule has 1 aliphatic heterocycles. The number of ether oxygens (including phenoxy) is 1. The van der Waals surface area contributed by atoms with Crippen molar-refractivity contribution in [2.45, 2.75) is 6.42 Å². The molecular weight excluding hydrogens is 282 g/mol. The van der Waals surface area contributed by atoms with Gasteiger partial charge in [-0.2, -0.15) is 5.10 Å². The fourth-order valence-corrected chi connectivity index (χ4v) is 3.18. The first-order valence-corrected chi connectivity index (χ1v) is 7.62. The van der Waals surface area contributed by atoms with Gasteiger partial charge in [-0.15, -0.1) is 0 Å². The summed E-state index contributed by atoms with van der Waals surface area (Å²) in [7, 11) is 0. The van der Waals surface area contributed by atoms with Crippen LogP contribution in [0.25, 0.3) is 10.2 Å². The molecule has 5 heteroatoms. The van der Waals surface area contributed by atoms with Gasteiger partial charge in [-0.05, 0) is 24.3 Å². The van der Waals surface area contributed by atoms with Crippen LogP contribution in [0.1, 0.15) is 12.0 Å². The fourth-order valence-electron chi connectivity index (χ4n) is 2.37. The van der Waals surface area contributed by atoms with Crippen molar-refractivity contribution in [1.82, 2.24) is 4.98 Å². The Morgan fingerprint density at radius 3 is 2.90 bits per heavy atom. The summed E-state index contributed by atoms with van der Waals surface area (Å²) in [5.41, 5.74) is 6.15. The third-order valence-electron chi connectivity index (χ3n) is 3.37. The molecule has 0 unspecified atom stereocenters. The molecule has 2 heterocycles. The van der Waals surface area contributed by atoms with E-state index in [-0.39, 0.29) is 0 Å².